The number of nitrogens with zero attached hydrogens (tertiary/aromatic N) is 2. The van der Waals surface area contributed by atoms with Crippen LogP contribution < -0.4 is 10.6 Å². The first-order valence-corrected chi connectivity index (χ1v) is 7.52. The third-order valence-electron chi connectivity index (χ3n) is 3.25. The minimum atomic E-state index is 0. The predicted molar refractivity (Wildman–Crippen MR) is 96.2 cm³/mol. The van der Waals surface area contributed by atoms with Gasteiger partial charge in [-0.3, -0.25) is 4.99 Å². The van der Waals surface area contributed by atoms with Crippen LogP contribution in [-0.4, -0.2) is 63.3 Å². The highest BCUT2D eigenvalue weighted by molar-refractivity contribution is 14.0. The first kappa shape index (κ1) is 19.9. The van der Waals surface area contributed by atoms with Gasteiger partial charge in [-0.05, 0) is 52.7 Å². The van der Waals surface area contributed by atoms with E-state index in [0.29, 0.717) is 6.61 Å². The van der Waals surface area contributed by atoms with E-state index in [1.165, 1.54) is 32.5 Å². The molecule has 1 aliphatic heterocycles. The molecular formula is C14H31IN4O. The summed E-state index contributed by atoms with van der Waals surface area (Å²) >= 11 is 0. The highest BCUT2D eigenvalue weighted by Crippen LogP contribution is 2.07. The number of rotatable bonds is 8. The van der Waals surface area contributed by atoms with Crippen molar-refractivity contribution in [2.75, 3.05) is 46.4 Å². The second kappa shape index (κ2) is 12.6. The standard InChI is InChI=1S/C14H30N4O.HI/c1-4-15-14(17-13(2)12-19-3)16-8-7-11-18-9-5-6-10-18;/h13H,4-12H2,1-3H3,(H2,15,16,17);1H. The van der Waals surface area contributed by atoms with Gasteiger partial charge in [0, 0.05) is 26.2 Å². The summed E-state index contributed by atoms with van der Waals surface area (Å²) < 4.78 is 5.12. The molecule has 120 valence electrons. The Labute approximate surface area is 140 Å². The van der Waals surface area contributed by atoms with Crippen LogP contribution in [-0.2, 0) is 4.74 Å². The zero-order valence-corrected chi connectivity index (χ0v) is 15.5. The van der Waals surface area contributed by atoms with Gasteiger partial charge < -0.3 is 20.3 Å². The summed E-state index contributed by atoms with van der Waals surface area (Å²) in [5.74, 6) is 0.897. The molecule has 0 aromatic heterocycles. The van der Waals surface area contributed by atoms with Crippen molar-refractivity contribution in [3.63, 3.8) is 0 Å². The molecule has 1 rings (SSSR count). The van der Waals surface area contributed by atoms with Crippen LogP contribution in [0, 0.1) is 0 Å². The van der Waals surface area contributed by atoms with Crippen LogP contribution in [0.15, 0.2) is 4.99 Å². The van der Waals surface area contributed by atoms with Crippen LogP contribution in [0.5, 0.6) is 0 Å². The SMILES string of the molecule is CCNC(=NCCCN1CCCC1)NC(C)COC.I. The van der Waals surface area contributed by atoms with E-state index >= 15 is 0 Å². The van der Waals surface area contributed by atoms with Crippen LogP contribution >= 0.6 is 24.0 Å². The number of ether oxygens (including phenoxy) is 1. The molecule has 1 heterocycles. The van der Waals surface area contributed by atoms with Crippen molar-refractivity contribution in [1.82, 2.24) is 15.5 Å². The zero-order valence-electron chi connectivity index (χ0n) is 13.2. The largest absolute Gasteiger partial charge is 0.383 e. The molecular weight excluding hydrogens is 367 g/mol. The van der Waals surface area contributed by atoms with Gasteiger partial charge in [0.15, 0.2) is 5.96 Å². The predicted octanol–water partition coefficient (Wildman–Crippen LogP) is 1.68. The topological polar surface area (TPSA) is 48.9 Å². The van der Waals surface area contributed by atoms with E-state index in [4.69, 9.17) is 4.74 Å². The summed E-state index contributed by atoms with van der Waals surface area (Å²) in [5.41, 5.74) is 0. The van der Waals surface area contributed by atoms with E-state index in [-0.39, 0.29) is 30.0 Å². The van der Waals surface area contributed by atoms with E-state index in [1.54, 1.807) is 7.11 Å². The second-order valence-electron chi connectivity index (χ2n) is 5.16. The summed E-state index contributed by atoms with van der Waals surface area (Å²) in [6.07, 6.45) is 3.86. The molecule has 0 spiro atoms. The molecule has 0 aromatic rings. The van der Waals surface area contributed by atoms with Crippen LogP contribution in [0.3, 0.4) is 0 Å². The summed E-state index contributed by atoms with van der Waals surface area (Å²) in [5, 5.41) is 6.62. The van der Waals surface area contributed by atoms with Gasteiger partial charge in [-0.1, -0.05) is 0 Å². The zero-order chi connectivity index (χ0) is 13.9. The Bertz CT molecular complexity index is 258. The molecule has 0 aromatic carbocycles. The highest BCUT2D eigenvalue weighted by Gasteiger charge is 2.10. The molecule has 0 saturated carbocycles. The Morgan fingerprint density at radius 2 is 2.05 bits per heavy atom. The molecule has 1 aliphatic rings. The Kier molecular flexibility index (Phi) is 12.6. The highest BCUT2D eigenvalue weighted by atomic mass is 127. The van der Waals surface area contributed by atoms with E-state index in [2.05, 4.69) is 34.4 Å². The van der Waals surface area contributed by atoms with Crippen molar-refractivity contribution in [3.8, 4) is 0 Å². The van der Waals surface area contributed by atoms with Crippen molar-refractivity contribution < 1.29 is 4.74 Å². The second-order valence-corrected chi connectivity index (χ2v) is 5.16. The average Bonchev–Trinajstić information content (AvgIpc) is 2.88. The summed E-state index contributed by atoms with van der Waals surface area (Å²) in [7, 11) is 1.72. The Morgan fingerprint density at radius 1 is 1.35 bits per heavy atom. The molecule has 0 radical (unpaired) electrons. The molecule has 0 amide bonds. The normalized spacial score (nSPS) is 17.6. The van der Waals surface area contributed by atoms with E-state index < -0.39 is 0 Å². The number of methoxy groups -OCH3 is 1. The first-order valence-electron chi connectivity index (χ1n) is 7.52. The molecule has 0 bridgehead atoms. The number of hydrogen-bond donors (Lipinski definition) is 2. The maximum absolute atomic E-state index is 5.12. The van der Waals surface area contributed by atoms with Crippen LogP contribution in [0.4, 0.5) is 0 Å². The molecule has 20 heavy (non-hydrogen) atoms. The van der Waals surface area contributed by atoms with Crippen molar-refractivity contribution in [3.05, 3.63) is 0 Å². The van der Waals surface area contributed by atoms with E-state index in [9.17, 15) is 0 Å². The summed E-state index contributed by atoms with van der Waals surface area (Å²) in [6.45, 7) is 10.4. The molecule has 1 unspecified atom stereocenters. The molecule has 2 N–H and O–H groups in total. The van der Waals surface area contributed by atoms with Gasteiger partial charge >= 0.3 is 0 Å². The molecule has 6 heteroatoms. The van der Waals surface area contributed by atoms with Crippen molar-refractivity contribution in [2.45, 2.75) is 39.2 Å². The molecule has 1 atom stereocenters. The lowest BCUT2D eigenvalue weighted by Crippen LogP contribution is -2.44. The van der Waals surface area contributed by atoms with Gasteiger partial charge in [-0.25, -0.2) is 0 Å². The Hall–Kier alpha value is -0.0800. The van der Waals surface area contributed by atoms with E-state index in [1.807, 2.05) is 0 Å². The molecule has 0 aliphatic carbocycles. The maximum atomic E-state index is 5.12. The molecule has 1 saturated heterocycles. The lowest BCUT2D eigenvalue weighted by atomic mass is 10.3. The van der Waals surface area contributed by atoms with Gasteiger partial charge in [-0.15, -0.1) is 24.0 Å². The first-order chi connectivity index (χ1) is 9.26. The number of halogens is 1. The van der Waals surface area contributed by atoms with Crippen LogP contribution in [0.2, 0.25) is 0 Å². The number of guanidine groups is 1. The third kappa shape index (κ3) is 8.97. The maximum Gasteiger partial charge on any atom is 0.191 e. The minimum Gasteiger partial charge on any atom is -0.383 e. The third-order valence-corrected chi connectivity index (χ3v) is 3.25. The summed E-state index contributed by atoms with van der Waals surface area (Å²) in [6, 6.07) is 0.279. The van der Waals surface area contributed by atoms with Gasteiger partial charge in [0.2, 0.25) is 0 Å². The Balaban J connectivity index is 0.00000361. The number of hydrogen-bond acceptors (Lipinski definition) is 3. The lowest BCUT2D eigenvalue weighted by molar-refractivity contribution is 0.179. The van der Waals surface area contributed by atoms with Crippen molar-refractivity contribution in [2.24, 2.45) is 4.99 Å². The fraction of sp³-hybridized carbons (Fsp3) is 0.929. The number of likely N-dealkylation sites (tertiary alicyclic amines) is 1. The summed E-state index contributed by atoms with van der Waals surface area (Å²) in [4.78, 5) is 7.14. The van der Waals surface area contributed by atoms with Gasteiger partial charge in [0.05, 0.1) is 6.61 Å². The van der Waals surface area contributed by atoms with Crippen molar-refractivity contribution >= 4 is 29.9 Å². The van der Waals surface area contributed by atoms with Gasteiger partial charge in [0.1, 0.15) is 0 Å². The van der Waals surface area contributed by atoms with Crippen LogP contribution in [0.25, 0.3) is 0 Å². The fourth-order valence-electron chi connectivity index (χ4n) is 2.34. The molecule has 1 fully saturated rings. The number of aliphatic imine (C=N–C) groups is 1. The van der Waals surface area contributed by atoms with Crippen molar-refractivity contribution in [1.29, 1.82) is 0 Å². The van der Waals surface area contributed by atoms with Crippen LogP contribution in [0.1, 0.15) is 33.1 Å². The fourth-order valence-corrected chi connectivity index (χ4v) is 2.34. The number of nitrogens with one attached hydrogen (secondary N) is 2. The molecule has 5 nitrogen and oxygen atoms in total. The Morgan fingerprint density at radius 3 is 2.65 bits per heavy atom. The monoisotopic (exact) mass is 398 g/mol. The van der Waals surface area contributed by atoms with Gasteiger partial charge in [0.25, 0.3) is 0 Å². The minimum absolute atomic E-state index is 0. The average molecular weight is 398 g/mol. The quantitative estimate of drug-likeness (QED) is 0.283. The van der Waals surface area contributed by atoms with Gasteiger partial charge in [-0.2, -0.15) is 0 Å². The van der Waals surface area contributed by atoms with E-state index in [0.717, 1.165) is 25.5 Å². The smallest absolute Gasteiger partial charge is 0.191 e. The lowest BCUT2D eigenvalue weighted by Gasteiger charge is -2.17.